The number of hydrogen-bond acceptors (Lipinski definition) is 4. The molecule has 0 aliphatic heterocycles. The highest BCUT2D eigenvalue weighted by atomic mass is 35.5. The van der Waals surface area contributed by atoms with Gasteiger partial charge in [-0.05, 0) is 44.6 Å². The van der Waals surface area contributed by atoms with E-state index in [-0.39, 0.29) is 5.97 Å². The van der Waals surface area contributed by atoms with E-state index in [2.05, 4.69) is 0 Å². The minimum absolute atomic E-state index is 0.335. The summed E-state index contributed by atoms with van der Waals surface area (Å²) in [5, 5.41) is 0.758. The lowest BCUT2D eigenvalue weighted by Crippen LogP contribution is -2.46. The van der Waals surface area contributed by atoms with Crippen molar-refractivity contribution in [1.82, 2.24) is 0 Å². The van der Waals surface area contributed by atoms with Gasteiger partial charge in [0.05, 0.1) is 11.6 Å². The fourth-order valence-corrected chi connectivity index (χ4v) is 2.77. The summed E-state index contributed by atoms with van der Waals surface area (Å²) in [7, 11) is 0. The Morgan fingerprint density at radius 2 is 2.16 bits per heavy atom. The van der Waals surface area contributed by atoms with E-state index < -0.39 is 5.54 Å². The van der Waals surface area contributed by atoms with Gasteiger partial charge in [-0.3, -0.25) is 4.79 Å². The third-order valence-corrected chi connectivity index (χ3v) is 4.28. The van der Waals surface area contributed by atoms with Gasteiger partial charge in [-0.15, -0.1) is 11.8 Å². The van der Waals surface area contributed by atoms with Gasteiger partial charge in [-0.1, -0.05) is 23.7 Å². The van der Waals surface area contributed by atoms with E-state index in [1.165, 1.54) is 0 Å². The zero-order valence-corrected chi connectivity index (χ0v) is 12.9. The maximum atomic E-state index is 11.6. The topological polar surface area (TPSA) is 52.3 Å². The molecule has 5 heteroatoms. The predicted molar refractivity (Wildman–Crippen MR) is 80.6 cm³/mol. The van der Waals surface area contributed by atoms with Crippen molar-refractivity contribution in [3.63, 3.8) is 0 Å². The number of nitrogens with two attached hydrogens (primary N) is 1. The first-order chi connectivity index (χ1) is 8.97. The van der Waals surface area contributed by atoms with Gasteiger partial charge < -0.3 is 10.5 Å². The molecule has 19 heavy (non-hydrogen) atoms. The summed E-state index contributed by atoms with van der Waals surface area (Å²) in [6.45, 7) is 3.85. The fourth-order valence-electron chi connectivity index (χ4n) is 1.58. The minimum Gasteiger partial charge on any atom is -0.465 e. The Labute approximate surface area is 123 Å². The highest BCUT2D eigenvalue weighted by Gasteiger charge is 2.29. The Morgan fingerprint density at radius 3 is 2.79 bits per heavy atom. The molecule has 106 valence electrons. The molecule has 1 atom stereocenters. The molecule has 0 aliphatic rings. The molecule has 1 rings (SSSR count). The Hall–Kier alpha value is -0.710. The standard InChI is InChI=1S/C14H20ClNO2S/c1-3-18-13(17)14(2,16)9-6-10-19-12-8-5-4-7-11(12)15/h4-5,7-8H,3,6,9-10,16H2,1-2H3. The number of carbonyl (C=O) groups excluding carboxylic acids is 1. The Bertz CT molecular complexity index is 424. The van der Waals surface area contributed by atoms with E-state index in [4.69, 9.17) is 22.1 Å². The summed E-state index contributed by atoms with van der Waals surface area (Å²) in [5.74, 6) is 0.536. The molecule has 0 heterocycles. The first-order valence-electron chi connectivity index (χ1n) is 6.31. The van der Waals surface area contributed by atoms with Gasteiger partial charge in [0.1, 0.15) is 5.54 Å². The molecule has 0 radical (unpaired) electrons. The van der Waals surface area contributed by atoms with E-state index in [0.717, 1.165) is 22.1 Å². The average molecular weight is 302 g/mol. The fraction of sp³-hybridized carbons (Fsp3) is 0.500. The van der Waals surface area contributed by atoms with Crippen LogP contribution in [0.2, 0.25) is 5.02 Å². The van der Waals surface area contributed by atoms with Crippen LogP contribution in [0.15, 0.2) is 29.2 Å². The Balaban J connectivity index is 2.35. The molecule has 1 aromatic rings. The van der Waals surface area contributed by atoms with E-state index in [9.17, 15) is 4.79 Å². The molecule has 0 saturated carbocycles. The van der Waals surface area contributed by atoms with Gasteiger partial charge in [0.2, 0.25) is 0 Å². The summed E-state index contributed by atoms with van der Waals surface area (Å²) in [4.78, 5) is 12.7. The molecule has 1 aromatic carbocycles. The van der Waals surface area contributed by atoms with Crippen molar-refractivity contribution in [2.75, 3.05) is 12.4 Å². The van der Waals surface area contributed by atoms with E-state index in [1.54, 1.807) is 25.6 Å². The highest BCUT2D eigenvalue weighted by Crippen LogP contribution is 2.27. The van der Waals surface area contributed by atoms with Gasteiger partial charge in [0.15, 0.2) is 0 Å². The third-order valence-electron chi connectivity index (χ3n) is 2.68. The molecule has 0 amide bonds. The van der Waals surface area contributed by atoms with Gasteiger partial charge in [0, 0.05) is 4.90 Å². The molecule has 0 bridgehead atoms. The van der Waals surface area contributed by atoms with Crippen molar-refractivity contribution in [3.05, 3.63) is 29.3 Å². The van der Waals surface area contributed by atoms with Gasteiger partial charge in [-0.2, -0.15) is 0 Å². The zero-order valence-electron chi connectivity index (χ0n) is 11.3. The first-order valence-corrected chi connectivity index (χ1v) is 7.67. The van der Waals surface area contributed by atoms with E-state index in [0.29, 0.717) is 13.0 Å². The number of halogens is 1. The number of thioether (sulfide) groups is 1. The van der Waals surface area contributed by atoms with Crippen molar-refractivity contribution >= 4 is 29.3 Å². The lowest BCUT2D eigenvalue weighted by atomic mass is 9.98. The minimum atomic E-state index is -0.906. The van der Waals surface area contributed by atoms with Crippen LogP contribution in [0.4, 0.5) is 0 Å². The molecule has 2 N–H and O–H groups in total. The zero-order chi connectivity index (χ0) is 14.3. The first kappa shape index (κ1) is 16.3. The maximum Gasteiger partial charge on any atom is 0.325 e. The molecule has 0 spiro atoms. The van der Waals surface area contributed by atoms with Crippen LogP contribution >= 0.6 is 23.4 Å². The second kappa shape index (κ2) is 7.78. The van der Waals surface area contributed by atoms with Crippen LogP contribution < -0.4 is 5.73 Å². The lowest BCUT2D eigenvalue weighted by Gasteiger charge is -2.21. The van der Waals surface area contributed by atoms with Crippen molar-refractivity contribution < 1.29 is 9.53 Å². The Kier molecular flexibility index (Phi) is 6.69. The lowest BCUT2D eigenvalue weighted by molar-refractivity contribution is -0.149. The predicted octanol–water partition coefficient (Wildman–Crippen LogP) is 3.49. The molecule has 1 unspecified atom stereocenters. The largest absolute Gasteiger partial charge is 0.465 e. The smallest absolute Gasteiger partial charge is 0.325 e. The summed E-state index contributed by atoms with van der Waals surface area (Å²) in [5.41, 5.74) is 5.04. The normalized spacial score (nSPS) is 13.9. The van der Waals surface area contributed by atoms with E-state index in [1.807, 2.05) is 24.3 Å². The van der Waals surface area contributed by atoms with Crippen molar-refractivity contribution in [1.29, 1.82) is 0 Å². The molecule has 0 aliphatic carbocycles. The van der Waals surface area contributed by atoms with Crippen molar-refractivity contribution in [2.24, 2.45) is 5.73 Å². The second-order valence-electron chi connectivity index (χ2n) is 4.52. The number of rotatable bonds is 7. The van der Waals surface area contributed by atoms with Crippen LogP contribution in [0.3, 0.4) is 0 Å². The van der Waals surface area contributed by atoms with E-state index >= 15 is 0 Å². The van der Waals surface area contributed by atoms with Gasteiger partial charge in [-0.25, -0.2) is 0 Å². The highest BCUT2D eigenvalue weighted by molar-refractivity contribution is 7.99. The third kappa shape index (κ3) is 5.43. The number of benzene rings is 1. The molecule has 0 aromatic heterocycles. The molecular weight excluding hydrogens is 282 g/mol. The average Bonchev–Trinajstić information content (AvgIpc) is 2.37. The van der Waals surface area contributed by atoms with Crippen molar-refractivity contribution in [2.45, 2.75) is 37.1 Å². The number of esters is 1. The van der Waals surface area contributed by atoms with Crippen LogP contribution in [0.1, 0.15) is 26.7 Å². The van der Waals surface area contributed by atoms with Crippen LogP contribution in [0, 0.1) is 0 Å². The maximum absolute atomic E-state index is 11.6. The van der Waals surface area contributed by atoms with Crippen LogP contribution in [0.25, 0.3) is 0 Å². The van der Waals surface area contributed by atoms with Gasteiger partial charge in [0.25, 0.3) is 0 Å². The number of hydrogen-bond donors (Lipinski definition) is 1. The number of carbonyl (C=O) groups is 1. The van der Waals surface area contributed by atoms with Crippen LogP contribution in [0.5, 0.6) is 0 Å². The van der Waals surface area contributed by atoms with Crippen molar-refractivity contribution in [3.8, 4) is 0 Å². The monoisotopic (exact) mass is 301 g/mol. The second-order valence-corrected chi connectivity index (χ2v) is 6.06. The number of ether oxygens (including phenoxy) is 1. The SMILES string of the molecule is CCOC(=O)C(C)(N)CCCSc1ccccc1Cl. The van der Waals surface area contributed by atoms with Crippen LogP contribution in [-0.4, -0.2) is 23.9 Å². The quantitative estimate of drug-likeness (QED) is 0.476. The molecule has 0 saturated heterocycles. The summed E-state index contributed by atoms with van der Waals surface area (Å²) in [6, 6.07) is 7.72. The molecular formula is C14H20ClNO2S. The van der Waals surface area contributed by atoms with Gasteiger partial charge >= 0.3 is 5.97 Å². The summed E-state index contributed by atoms with van der Waals surface area (Å²) >= 11 is 7.74. The van der Waals surface area contributed by atoms with Crippen LogP contribution in [-0.2, 0) is 9.53 Å². The summed E-state index contributed by atoms with van der Waals surface area (Å²) < 4.78 is 4.95. The Morgan fingerprint density at radius 1 is 1.47 bits per heavy atom. The molecule has 3 nitrogen and oxygen atoms in total. The molecule has 0 fully saturated rings. The summed E-state index contributed by atoms with van der Waals surface area (Å²) in [6.07, 6.45) is 1.44.